The second-order valence-corrected chi connectivity index (χ2v) is 7.95. The highest BCUT2D eigenvalue weighted by Crippen LogP contribution is 2.29. The first-order valence-corrected chi connectivity index (χ1v) is 11.3. The van der Waals surface area contributed by atoms with Crippen LogP contribution in [-0.2, 0) is 23.8 Å². The van der Waals surface area contributed by atoms with Gasteiger partial charge in [-0.2, -0.15) is 0 Å². The summed E-state index contributed by atoms with van der Waals surface area (Å²) in [6.45, 7) is 6.64. The van der Waals surface area contributed by atoms with Gasteiger partial charge in [0, 0.05) is 25.7 Å². The Labute approximate surface area is 185 Å². The summed E-state index contributed by atoms with van der Waals surface area (Å²) >= 11 is 0. The molecule has 0 bridgehead atoms. The van der Waals surface area contributed by atoms with Gasteiger partial charge in [0.25, 0.3) is 0 Å². The monoisotopic (exact) mass is 429 g/mol. The minimum Gasteiger partial charge on any atom is -0.455 e. The molecule has 0 radical (unpaired) electrons. The molecule has 0 fully saturated rings. The highest BCUT2D eigenvalue weighted by Gasteiger charge is 2.49. The summed E-state index contributed by atoms with van der Waals surface area (Å²) in [6, 6.07) is 9.20. The first kappa shape index (κ1) is 24.8. The van der Waals surface area contributed by atoms with Crippen molar-refractivity contribution in [3.8, 4) is 0 Å². The van der Waals surface area contributed by atoms with Crippen LogP contribution in [0.2, 0.25) is 0 Å². The molecular formula is C25H35NO5. The smallest absolute Gasteiger partial charge is 0.344 e. The van der Waals surface area contributed by atoms with Gasteiger partial charge in [-0.05, 0) is 44.4 Å². The van der Waals surface area contributed by atoms with E-state index in [0.29, 0.717) is 12.2 Å². The molecular weight excluding hydrogens is 394 g/mol. The first-order chi connectivity index (χ1) is 15.0. The van der Waals surface area contributed by atoms with Gasteiger partial charge in [0.2, 0.25) is 5.90 Å². The normalized spacial score (nSPS) is 19.3. The van der Waals surface area contributed by atoms with Crippen LogP contribution < -0.4 is 0 Å². The Morgan fingerprint density at radius 2 is 1.84 bits per heavy atom. The predicted molar refractivity (Wildman–Crippen MR) is 121 cm³/mol. The van der Waals surface area contributed by atoms with Crippen LogP contribution in [0.25, 0.3) is 0 Å². The van der Waals surface area contributed by atoms with Crippen molar-refractivity contribution in [3.05, 3.63) is 48.0 Å². The number of unbranched alkanes of at least 4 members (excludes halogenated alkanes) is 5. The van der Waals surface area contributed by atoms with Crippen LogP contribution in [0.15, 0.2) is 47.5 Å². The molecule has 0 saturated heterocycles. The molecule has 6 nitrogen and oxygen atoms in total. The van der Waals surface area contributed by atoms with E-state index in [1.807, 2.05) is 36.4 Å². The summed E-state index contributed by atoms with van der Waals surface area (Å²) in [6.07, 6.45) is 10.6. The minimum atomic E-state index is -1.32. The number of nitrogens with zero attached hydrogens (tertiary/aromatic N) is 1. The summed E-state index contributed by atoms with van der Waals surface area (Å²) in [5, 5.41) is 0. The van der Waals surface area contributed by atoms with Gasteiger partial charge in [-0.15, -0.1) is 0 Å². The number of carbonyl (C=O) groups is 2. The Balaban J connectivity index is 1.87. The number of cyclic esters (lactones) is 1. The lowest BCUT2D eigenvalue weighted by Gasteiger charge is -2.24. The number of rotatable bonds is 14. The number of hydrogen-bond acceptors (Lipinski definition) is 6. The van der Waals surface area contributed by atoms with Crippen molar-refractivity contribution in [2.75, 3.05) is 13.2 Å². The number of esters is 2. The van der Waals surface area contributed by atoms with Gasteiger partial charge in [0.15, 0.2) is 11.6 Å². The zero-order valence-electron chi connectivity index (χ0n) is 19.0. The van der Waals surface area contributed by atoms with Crippen molar-refractivity contribution in [1.82, 2.24) is 0 Å². The largest absolute Gasteiger partial charge is 0.455 e. The quantitative estimate of drug-likeness (QED) is 0.236. The molecule has 2 atom stereocenters. The van der Waals surface area contributed by atoms with Gasteiger partial charge in [0.05, 0.1) is 0 Å². The molecule has 31 heavy (non-hydrogen) atoms. The minimum absolute atomic E-state index is 0.242. The topological polar surface area (TPSA) is 74.2 Å². The Kier molecular flexibility index (Phi) is 10.4. The second-order valence-electron chi connectivity index (χ2n) is 7.95. The van der Waals surface area contributed by atoms with Crippen LogP contribution in [0, 0.1) is 0 Å². The molecule has 6 heteroatoms. The van der Waals surface area contributed by atoms with E-state index < -0.39 is 23.6 Å². The Hall–Kier alpha value is -2.47. The maximum absolute atomic E-state index is 12.6. The standard InChI is InChI=1S/C25H35NO5/c1-4-5-6-7-13-18-29-19-14-9-12-17-22(30-20(2)27)25(3)24(28)31-23(26-25)21-15-10-8-11-16-21/h8,10-12,15-17,22H,4-7,9,13-14,18-19H2,1-3H3/b17-12+/t22?,25-/m0/s1. The fourth-order valence-corrected chi connectivity index (χ4v) is 3.31. The van der Waals surface area contributed by atoms with E-state index in [1.165, 1.54) is 32.6 Å². The molecule has 170 valence electrons. The molecule has 0 aromatic heterocycles. The number of carbonyl (C=O) groups excluding carboxylic acids is 2. The highest BCUT2D eigenvalue weighted by molar-refractivity contribution is 6.08. The zero-order chi connectivity index (χ0) is 22.5. The van der Waals surface area contributed by atoms with E-state index in [4.69, 9.17) is 14.2 Å². The van der Waals surface area contributed by atoms with Crippen LogP contribution in [0.4, 0.5) is 0 Å². The van der Waals surface area contributed by atoms with Gasteiger partial charge in [-0.3, -0.25) is 4.79 Å². The van der Waals surface area contributed by atoms with E-state index in [0.717, 1.165) is 25.9 Å². The van der Waals surface area contributed by atoms with Crippen molar-refractivity contribution >= 4 is 17.8 Å². The lowest BCUT2D eigenvalue weighted by molar-refractivity contribution is -0.152. The molecule has 0 spiro atoms. The molecule has 1 aliphatic rings. The van der Waals surface area contributed by atoms with Crippen molar-refractivity contribution in [3.63, 3.8) is 0 Å². The first-order valence-electron chi connectivity index (χ1n) is 11.3. The van der Waals surface area contributed by atoms with Crippen LogP contribution in [-0.4, -0.2) is 42.7 Å². The molecule has 1 aromatic carbocycles. The lowest BCUT2D eigenvalue weighted by Crippen LogP contribution is -2.44. The maximum atomic E-state index is 12.6. The van der Waals surface area contributed by atoms with Crippen LogP contribution in [0.3, 0.4) is 0 Å². The number of aliphatic imine (C=N–C) groups is 1. The van der Waals surface area contributed by atoms with Gasteiger partial charge in [0.1, 0.15) is 0 Å². The SMILES string of the molecule is CCCCCCCOCCC/C=C/C(OC(C)=O)[C@]1(C)N=C(c2ccccc2)OC1=O. The predicted octanol–water partition coefficient (Wildman–Crippen LogP) is 5.00. The van der Waals surface area contributed by atoms with E-state index in [2.05, 4.69) is 11.9 Å². The third kappa shape index (κ3) is 7.94. The van der Waals surface area contributed by atoms with Gasteiger partial charge in [-0.25, -0.2) is 9.79 Å². The van der Waals surface area contributed by atoms with Gasteiger partial charge in [-0.1, -0.05) is 56.9 Å². The number of ether oxygens (including phenoxy) is 3. The van der Waals surface area contributed by atoms with E-state index in [9.17, 15) is 9.59 Å². The second kappa shape index (κ2) is 13.1. The fraction of sp³-hybridized carbons (Fsp3) is 0.560. The van der Waals surface area contributed by atoms with E-state index in [-0.39, 0.29) is 5.90 Å². The van der Waals surface area contributed by atoms with E-state index >= 15 is 0 Å². The summed E-state index contributed by atoms with van der Waals surface area (Å²) < 4.78 is 16.5. The van der Waals surface area contributed by atoms with Crippen LogP contribution in [0.1, 0.15) is 71.3 Å². The number of hydrogen-bond donors (Lipinski definition) is 0. The zero-order valence-corrected chi connectivity index (χ0v) is 19.0. The third-order valence-corrected chi connectivity index (χ3v) is 5.17. The van der Waals surface area contributed by atoms with Crippen molar-refractivity contribution in [2.24, 2.45) is 4.99 Å². The molecule has 0 N–H and O–H groups in total. The third-order valence-electron chi connectivity index (χ3n) is 5.17. The molecule has 0 saturated carbocycles. The van der Waals surface area contributed by atoms with Gasteiger partial charge < -0.3 is 14.2 Å². The van der Waals surface area contributed by atoms with Crippen molar-refractivity contribution in [1.29, 1.82) is 0 Å². The van der Waals surface area contributed by atoms with Crippen LogP contribution in [0.5, 0.6) is 0 Å². The summed E-state index contributed by atoms with van der Waals surface area (Å²) in [7, 11) is 0. The summed E-state index contributed by atoms with van der Waals surface area (Å²) in [5.41, 5.74) is -0.612. The Morgan fingerprint density at radius 1 is 1.13 bits per heavy atom. The summed E-state index contributed by atoms with van der Waals surface area (Å²) in [4.78, 5) is 28.7. The fourth-order valence-electron chi connectivity index (χ4n) is 3.31. The van der Waals surface area contributed by atoms with Gasteiger partial charge >= 0.3 is 11.9 Å². The number of benzene rings is 1. The molecule has 2 rings (SSSR count). The Bertz CT molecular complexity index is 758. The molecule has 1 aliphatic heterocycles. The average molecular weight is 430 g/mol. The van der Waals surface area contributed by atoms with Crippen LogP contribution >= 0.6 is 0 Å². The molecule has 0 aliphatic carbocycles. The average Bonchev–Trinajstić information content (AvgIpc) is 3.07. The van der Waals surface area contributed by atoms with Crippen molar-refractivity contribution in [2.45, 2.75) is 77.4 Å². The molecule has 0 amide bonds. The Morgan fingerprint density at radius 3 is 2.55 bits per heavy atom. The van der Waals surface area contributed by atoms with E-state index in [1.54, 1.807) is 13.0 Å². The molecule has 1 heterocycles. The summed E-state index contributed by atoms with van der Waals surface area (Å²) in [5.74, 6) is -0.766. The number of allylic oxidation sites excluding steroid dienone is 1. The highest BCUT2D eigenvalue weighted by atomic mass is 16.6. The molecule has 1 unspecified atom stereocenters. The lowest BCUT2D eigenvalue weighted by atomic mass is 9.95. The van der Waals surface area contributed by atoms with Crippen molar-refractivity contribution < 1.29 is 23.8 Å². The molecule has 1 aromatic rings. The maximum Gasteiger partial charge on any atom is 0.344 e.